The van der Waals surface area contributed by atoms with E-state index < -0.39 is 104 Å². The lowest BCUT2D eigenvalue weighted by Crippen LogP contribution is -2.65. The van der Waals surface area contributed by atoms with Crippen LogP contribution in [0.15, 0.2) is 0 Å². The van der Waals surface area contributed by atoms with Crippen LogP contribution in [0.2, 0.25) is 0 Å². The molecule has 0 radical (unpaired) electrons. The highest BCUT2D eigenvalue weighted by molar-refractivity contribution is 5.72. The summed E-state index contributed by atoms with van der Waals surface area (Å²) in [5.74, 6) is -5.84. The lowest BCUT2D eigenvalue weighted by Gasteiger charge is -2.45. The van der Waals surface area contributed by atoms with Crippen molar-refractivity contribution in [2.45, 2.75) is 154 Å². The van der Waals surface area contributed by atoms with Crippen LogP contribution in [0.25, 0.3) is 0 Å². The Morgan fingerprint density at radius 1 is 0.717 bits per heavy atom. The fourth-order valence-corrected chi connectivity index (χ4v) is 5.33. The molecule has 0 amide bonds. The molecule has 0 aromatic rings. The Bertz CT molecular complexity index is 928. The molecule has 5 N–H and O–H groups in total. The number of esters is 3. The zero-order chi connectivity index (χ0) is 34.4. The first kappa shape index (κ1) is 40.3. The number of rotatable bonds is 20. The molecule has 2 aliphatic heterocycles. The summed E-state index contributed by atoms with van der Waals surface area (Å²) in [6.45, 7) is 5.85. The standard InChI is InChI=1S/C32H56O14/c1-6-7-8-9-10-11-12-13-14-15-23(36)42-27-26(43-29(39)19(2)3)24(37)21(16-33)41-31(27)46-32(18-35)28(44-30(40)20(4)5)25(38)22(17-34)45-32/h19-22,24-28,31,33-35,37-38H,6-18H2,1-5H3. The lowest BCUT2D eigenvalue weighted by molar-refractivity contribution is -0.384. The SMILES string of the molecule is CCCCCCCCCCCC(=O)OC1C(OC2(CO)OC(CO)C(O)C2OC(=O)C(C)C)OC(CO)C(O)C1OC(=O)C(C)C. The van der Waals surface area contributed by atoms with Gasteiger partial charge in [-0.2, -0.15) is 0 Å². The smallest absolute Gasteiger partial charge is 0.308 e. The van der Waals surface area contributed by atoms with E-state index in [-0.39, 0.29) is 6.42 Å². The number of unbranched alkanes of at least 4 members (excludes halogenated alkanes) is 8. The third kappa shape index (κ3) is 11.1. The largest absolute Gasteiger partial charge is 0.455 e. The van der Waals surface area contributed by atoms with Crippen LogP contribution < -0.4 is 0 Å². The summed E-state index contributed by atoms with van der Waals surface area (Å²) in [6, 6.07) is 0. The predicted molar refractivity (Wildman–Crippen MR) is 162 cm³/mol. The van der Waals surface area contributed by atoms with Gasteiger partial charge in [0.25, 0.3) is 0 Å². The van der Waals surface area contributed by atoms with Crippen LogP contribution in [-0.2, 0) is 42.8 Å². The van der Waals surface area contributed by atoms with Gasteiger partial charge < -0.3 is 54.0 Å². The summed E-state index contributed by atoms with van der Waals surface area (Å²) in [5, 5.41) is 52.1. The number of hydrogen-bond donors (Lipinski definition) is 5. The minimum absolute atomic E-state index is 0.00496. The van der Waals surface area contributed by atoms with E-state index in [1.54, 1.807) is 27.7 Å². The third-order valence-corrected chi connectivity index (χ3v) is 8.18. The quantitative estimate of drug-likeness (QED) is 0.0710. The molecular weight excluding hydrogens is 608 g/mol. The highest BCUT2D eigenvalue weighted by Gasteiger charge is 2.62. The molecule has 2 aliphatic rings. The second-order valence-corrected chi connectivity index (χ2v) is 12.7. The van der Waals surface area contributed by atoms with Gasteiger partial charge in [-0.15, -0.1) is 0 Å². The molecule has 9 unspecified atom stereocenters. The highest BCUT2D eigenvalue weighted by atomic mass is 16.8. The van der Waals surface area contributed by atoms with Crippen molar-refractivity contribution in [1.29, 1.82) is 0 Å². The molecule has 2 fully saturated rings. The van der Waals surface area contributed by atoms with Crippen LogP contribution in [0.5, 0.6) is 0 Å². The average Bonchev–Trinajstić information content (AvgIpc) is 3.28. The molecule has 0 bridgehead atoms. The monoisotopic (exact) mass is 664 g/mol. The molecule has 0 aliphatic carbocycles. The molecule has 2 saturated heterocycles. The maximum atomic E-state index is 13.1. The average molecular weight is 665 g/mol. The molecule has 0 aromatic heterocycles. The van der Waals surface area contributed by atoms with E-state index in [0.29, 0.717) is 6.42 Å². The second-order valence-electron chi connectivity index (χ2n) is 12.7. The van der Waals surface area contributed by atoms with E-state index in [9.17, 15) is 39.9 Å². The third-order valence-electron chi connectivity index (χ3n) is 8.18. The van der Waals surface area contributed by atoms with Crippen LogP contribution in [-0.4, -0.2) is 118 Å². The Balaban J connectivity index is 2.31. The summed E-state index contributed by atoms with van der Waals surface area (Å²) >= 11 is 0. The van der Waals surface area contributed by atoms with Gasteiger partial charge in [-0.25, -0.2) is 0 Å². The fourth-order valence-electron chi connectivity index (χ4n) is 5.33. The molecule has 9 atom stereocenters. The molecule has 46 heavy (non-hydrogen) atoms. The van der Waals surface area contributed by atoms with Crippen LogP contribution in [0.3, 0.4) is 0 Å². The molecule has 14 nitrogen and oxygen atoms in total. The van der Waals surface area contributed by atoms with E-state index in [1.807, 2.05) is 0 Å². The van der Waals surface area contributed by atoms with E-state index in [0.717, 1.165) is 25.7 Å². The van der Waals surface area contributed by atoms with Crippen LogP contribution in [0.4, 0.5) is 0 Å². The second kappa shape index (κ2) is 19.8. The summed E-state index contributed by atoms with van der Waals surface area (Å²) in [5.41, 5.74) is 0. The van der Waals surface area contributed by atoms with E-state index >= 15 is 0 Å². The number of carbonyl (C=O) groups excluding carboxylic acids is 3. The van der Waals surface area contributed by atoms with Gasteiger partial charge in [0.2, 0.25) is 12.1 Å². The van der Waals surface area contributed by atoms with Crippen molar-refractivity contribution in [3.8, 4) is 0 Å². The normalized spacial score (nSPS) is 31.3. The topological polar surface area (TPSA) is 208 Å². The Hall–Kier alpha value is -1.91. The molecular formula is C32H56O14. The number of hydrogen-bond acceptors (Lipinski definition) is 14. The Kier molecular flexibility index (Phi) is 17.3. The lowest BCUT2D eigenvalue weighted by atomic mass is 9.97. The highest BCUT2D eigenvalue weighted by Crippen LogP contribution is 2.39. The van der Waals surface area contributed by atoms with Gasteiger partial charge in [-0.05, 0) is 6.42 Å². The molecule has 0 aromatic carbocycles. The number of aliphatic hydroxyl groups excluding tert-OH is 5. The number of aliphatic hydroxyl groups is 5. The maximum Gasteiger partial charge on any atom is 0.308 e. The van der Waals surface area contributed by atoms with Crippen LogP contribution >= 0.6 is 0 Å². The first-order chi connectivity index (χ1) is 21.8. The first-order valence-electron chi connectivity index (χ1n) is 16.7. The van der Waals surface area contributed by atoms with Crippen molar-refractivity contribution in [1.82, 2.24) is 0 Å². The zero-order valence-corrected chi connectivity index (χ0v) is 27.9. The predicted octanol–water partition coefficient (Wildman–Crippen LogP) is 1.49. The molecule has 268 valence electrons. The summed E-state index contributed by atoms with van der Waals surface area (Å²) < 4.78 is 34.1. The summed E-state index contributed by atoms with van der Waals surface area (Å²) in [7, 11) is 0. The Labute approximate surface area is 271 Å². The molecule has 14 heteroatoms. The van der Waals surface area contributed by atoms with E-state index in [2.05, 4.69) is 6.92 Å². The van der Waals surface area contributed by atoms with Gasteiger partial charge >= 0.3 is 17.9 Å². The first-order valence-corrected chi connectivity index (χ1v) is 16.7. The summed E-state index contributed by atoms with van der Waals surface area (Å²) in [4.78, 5) is 38.3. The van der Waals surface area contributed by atoms with Crippen LogP contribution in [0.1, 0.15) is 98.8 Å². The molecule has 0 saturated carbocycles. The Morgan fingerprint density at radius 3 is 1.78 bits per heavy atom. The Morgan fingerprint density at radius 2 is 1.26 bits per heavy atom. The van der Waals surface area contributed by atoms with E-state index in [1.165, 1.54) is 25.7 Å². The molecule has 0 spiro atoms. The maximum absolute atomic E-state index is 13.1. The van der Waals surface area contributed by atoms with Gasteiger partial charge in [-0.3, -0.25) is 14.4 Å². The summed E-state index contributed by atoms with van der Waals surface area (Å²) in [6.07, 6.45) is -3.49. The minimum atomic E-state index is -2.35. The van der Waals surface area contributed by atoms with Gasteiger partial charge in [0.05, 0.1) is 25.0 Å². The number of carbonyl (C=O) groups is 3. The zero-order valence-electron chi connectivity index (χ0n) is 27.9. The van der Waals surface area contributed by atoms with Crippen LogP contribution in [0, 0.1) is 11.8 Å². The molecule has 2 heterocycles. The van der Waals surface area contributed by atoms with Crippen molar-refractivity contribution < 1.29 is 68.3 Å². The van der Waals surface area contributed by atoms with Gasteiger partial charge in [-0.1, -0.05) is 86.0 Å². The van der Waals surface area contributed by atoms with Crippen molar-refractivity contribution in [2.75, 3.05) is 19.8 Å². The molecule has 2 rings (SSSR count). The minimum Gasteiger partial charge on any atom is -0.455 e. The van der Waals surface area contributed by atoms with E-state index in [4.69, 9.17) is 28.4 Å². The van der Waals surface area contributed by atoms with Gasteiger partial charge in [0.1, 0.15) is 31.0 Å². The van der Waals surface area contributed by atoms with Gasteiger partial charge in [0, 0.05) is 6.42 Å². The van der Waals surface area contributed by atoms with Crippen molar-refractivity contribution in [3.63, 3.8) is 0 Å². The fraction of sp³-hybridized carbons (Fsp3) is 0.906. The van der Waals surface area contributed by atoms with Crippen molar-refractivity contribution in [2.24, 2.45) is 11.8 Å². The number of ether oxygens (including phenoxy) is 6. The van der Waals surface area contributed by atoms with Gasteiger partial charge in [0.15, 0.2) is 18.3 Å². The van der Waals surface area contributed by atoms with Crippen molar-refractivity contribution in [3.05, 3.63) is 0 Å². The van der Waals surface area contributed by atoms with Crippen molar-refractivity contribution >= 4 is 17.9 Å².